The number of carbonyl (C=O) groups excluding carboxylic acids is 2. The van der Waals surface area contributed by atoms with Crippen molar-refractivity contribution in [1.29, 1.82) is 0 Å². The number of anilines is 1. The van der Waals surface area contributed by atoms with Crippen LogP contribution < -0.4 is 10.9 Å². The number of allylic oxidation sites excluding steroid dienone is 1. The largest absolute Gasteiger partial charge is 0.509 e. The average Bonchev–Trinajstić information content (AvgIpc) is 3.69. The summed E-state index contributed by atoms with van der Waals surface area (Å²) in [7, 11) is 0. The van der Waals surface area contributed by atoms with Crippen molar-refractivity contribution in [3.63, 3.8) is 0 Å². The zero-order valence-electron chi connectivity index (χ0n) is 28.6. The molecule has 2 aromatic heterocycles. The van der Waals surface area contributed by atoms with E-state index in [0.29, 0.717) is 55.3 Å². The molecule has 0 bridgehead atoms. The van der Waals surface area contributed by atoms with Crippen LogP contribution in [0, 0.1) is 17.8 Å². The highest BCUT2D eigenvalue weighted by molar-refractivity contribution is 6.33. The number of aliphatic hydroxyl groups is 1. The van der Waals surface area contributed by atoms with Gasteiger partial charge in [0.1, 0.15) is 18.2 Å². The fraction of sp³-hybridized carbons (Fsp3) is 0.459. The molecule has 2 N–H and O–H groups in total. The number of aliphatic hydroxyl groups excluding tert-OH is 1. The van der Waals surface area contributed by atoms with Crippen molar-refractivity contribution in [1.82, 2.24) is 24.1 Å². The van der Waals surface area contributed by atoms with Crippen LogP contribution in [-0.2, 0) is 32.5 Å². The van der Waals surface area contributed by atoms with Crippen molar-refractivity contribution in [2.75, 3.05) is 25.1 Å². The first kappa shape index (κ1) is 34.0. The van der Waals surface area contributed by atoms with Crippen LogP contribution in [0.4, 0.5) is 18.9 Å². The number of aliphatic imine (C=N–C) groups is 1. The summed E-state index contributed by atoms with van der Waals surface area (Å²) < 4.78 is 48.4. The van der Waals surface area contributed by atoms with Gasteiger partial charge in [-0.3, -0.25) is 19.4 Å². The molecule has 276 valence electrons. The molecule has 1 saturated heterocycles. The van der Waals surface area contributed by atoms with Crippen LogP contribution in [0.1, 0.15) is 67.6 Å². The van der Waals surface area contributed by atoms with Crippen molar-refractivity contribution >= 4 is 46.7 Å². The van der Waals surface area contributed by atoms with E-state index in [1.807, 2.05) is 11.0 Å². The summed E-state index contributed by atoms with van der Waals surface area (Å²) in [6.07, 6.45) is 2.19. The Morgan fingerprint density at radius 2 is 2.04 bits per heavy atom. The Hall–Kier alpha value is -4.76. The average molecular weight is 750 g/mol. The molecule has 3 aliphatic heterocycles. The molecule has 1 aromatic carbocycles. The minimum Gasteiger partial charge on any atom is -0.509 e. The highest BCUT2D eigenvalue weighted by Gasteiger charge is 2.70. The lowest BCUT2D eigenvalue weighted by atomic mass is 9.54. The molecule has 0 radical (unpaired) electrons. The molecule has 53 heavy (non-hydrogen) atoms. The number of nitrogens with one attached hydrogen (secondary N) is 1. The Balaban J connectivity index is 1.11. The fourth-order valence-electron chi connectivity index (χ4n) is 9.60. The van der Waals surface area contributed by atoms with Crippen molar-refractivity contribution in [2.45, 2.75) is 69.1 Å². The predicted molar refractivity (Wildman–Crippen MR) is 188 cm³/mol. The lowest BCUT2D eigenvalue weighted by molar-refractivity contribution is -0.148. The van der Waals surface area contributed by atoms with Gasteiger partial charge in [-0.2, -0.15) is 22.7 Å². The third-order valence-corrected chi connectivity index (χ3v) is 12.5. The maximum Gasteiger partial charge on any atom is 0.416 e. The molecule has 2 saturated carbocycles. The third kappa shape index (κ3) is 5.06. The maximum atomic E-state index is 14.8. The summed E-state index contributed by atoms with van der Waals surface area (Å²) in [4.78, 5) is 53.3. The van der Waals surface area contributed by atoms with Gasteiger partial charge in [0.05, 0.1) is 35.2 Å². The lowest BCUT2D eigenvalue weighted by Crippen LogP contribution is -2.64. The predicted octanol–water partition coefficient (Wildman–Crippen LogP) is 5.42. The molecule has 12 nitrogen and oxygen atoms in total. The van der Waals surface area contributed by atoms with Crippen molar-refractivity contribution < 1.29 is 32.6 Å². The van der Waals surface area contributed by atoms with Gasteiger partial charge in [-0.1, -0.05) is 24.3 Å². The number of likely N-dealkylation sites (tertiary alicyclic amines) is 1. The van der Waals surface area contributed by atoms with E-state index in [-0.39, 0.29) is 64.1 Å². The summed E-state index contributed by atoms with van der Waals surface area (Å²) in [5, 5.41) is 17.9. The van der Waals surface area contributed by atoms with E-state index in [0.717, 1.165) is 48.7 Å². The Labute approximate surface area is 305 Å². The zero-order chi connectivity index (χ0) is 37.1. The van der Waals surface area contributed by atoms with E-state index in [2.05, 4.69) is 22.0 Å². The number of alkyl halides is 3. The number of hydrogen-bond donors (Lipinski definition) is 2. The molecule has 2 unspecified atom stereocenters. The number of aromatic nitrogens is 4. The maximum absolute atomic E-state index is 14.8. The smallest absolute Gasteiger partial charge is 0.416 e. The Kier molecular flexibility index (Phi) is 7.62. The molecule has 3 fully saturated rings. The first-order valence-corrected chi connectivity index (χ1v) is 18.1. The number of rotatable bonds is 5. The van der Waals surface area contributed by atoms with E-state index >= 15 is 0 Å². The van der Waals surface area contributed by atoms with E-state index in [9.17, 15) is 32.7 Å². The Bertz CT molecular complexity index is 2310. The number of nitrogens with zero attached hydrogens (tertiary/aromatic N) is 6. The normalized spacial score (nSPS) is 28.8. The molecule has 16 heteroatoms. The van der Waals surface area contributed by atoms with Crippen molar-refractivity contribution in [3.8, 4) is 0 Å². The Morgan fingerprint density at radius 1 is 1.23 bits per heavy atom. The van der Waals surface area contributed by atoms with Gasteiger partial charge < -0.3 is 24.6 Å². The second-order valence-corrected chi connectivity index (χ2v) is 15.3. The van der Waals surface area contributed by atoms with Gasteiger partial charge >= 0.3 is 6.18 Å². The monoisotopic (exact) mass is 749 g/mol. The van der Waals surface area contributed by atoms with Gasteiger partial charge in [-0.15, -0.1) is 5.10 Å². The summed E-state index contributed by atoms with van der Waals surface area (Å²) in [5.41, 5.74) is 1.15. The summed E-state index contributed by atoms with van der Waals surface area (Å²) in [6, 6.07) is 2.58. The van der Waals surface area contributed by atoms with E-state index in [4.69, 9.17) is 21.3 Å². The van der Waals surface area contributed by atoms with Crippen molar-refractivity contribution in [2.24, 2.45) is 22.7 Å². The van der Waals surface area contributed by atoms with E-state index in [1.165, 1.54) is 10.7 Å². The number of ether oxygens (including phenoxy) is 1. The molecular formula is C37H35ClF3N7O5. The van der Waals surface area contributed by atoms with E-state index < -0.39 is 29.0 Å². The second kappa shape index (κ2) is 11.9. The van der Waals surface area contributed by atoms with Crippen LogP contribution in [0.2, 0.25) is 5.02 Å². The Morgan fingerprint density at radius 3 is 2.74 bits per heavy atom. The van der Waals surface area contributed by atoms with Gasteiger partial charge in [0.15, 0.2) is 5.82 Å². The van der Waals surface area contributed by atoms with Crippen LogP contribution in [0.25, 0.3) is 11.4 Å². The topological polar surface area (TPSA) is 143 Å². The molecule has 6 atom stereocenters. The van der Waals surface area contributed by atoms with Crippen LogP contribution in [-0.4, -0.2) is 73.0 Å². The highest BCUT2D eigenvalue weighted by atomic mass is 35.5. The van der Waals surface area contributed by atoms with Gasteiger partial charge in [0.25, 0.3) is 5.56 Å². The second-order valence-electron chi connectivity index (χ2n) is 14.9. The number of benzene rings is 1. The van der Waals surface area contributed by atoms with Crippen molar-refractivity contribution in [3.05, 3.63) is 85.9 Å². The number of fused-ring (bicyclic) bond motifs is 8. The van der Waals surface area contributed by atoms with Crippen LogP contribution in [0.15, 0.2) is 57.7 Å². The minimum atomic E-state index is -4.60. The molecule has 5 heterocycles. The number of halogens is 4. The summed E-state index contributed by atoms with van der Waals surface area (Å²) in [6.45, 7) is 6.56. The first-order valence-electron chi connectivity index (χ1n) is 17.7. The van der Waals surface area contributed by atoms with Crippen LogP contribution in [0.3, 0.4) is 0 Å². The molecule has 9 rings (SSSR count). The molecule has 6 aliphatic rings. The molecule has 3 aromatic rings. The first-order chi connectivity index (χ1) is 25.3. The molecule has 2 amide bonds. The quantitative estimate of drug-likeness (QED) is 0.355. The van der Waals surface area contributed by atoms with E-state index in [1.54, 1.807) is 11.5 Å². The molecular weight excluding hydrogens is 715 g/mol. The summed E-state index contributed by atoms with van der Waals surface area (Å²) in [5.74, 6) is -1.19. The minimum absolute atomic E-state index is 0.0195. The van der Waals surface area contributed by atoms with Gasteiger partial charge in [0, 0.05) is 41.4 Å². The lowest BCUT2D eigenvalue weighted by Gasteiger charge is -2.58. The van der Waals surface area contributed by atoms with Crippen LogP contribution in [0.5, 0.6) is 0 Å². The molecule has 1 spiro atoms. The molecule has 3 aliphatic carbocycles. The highest BCUT2D eigenvalue weighted by Crippen LogP contribution is 2.72. The number of hydrogen-bond acceptors (Lipinski definition) is 8. The van der Waals surface area contributed by atoms with Gasteiger partial charge in [-0.25, -0.2) is 0 Å². The van der Waals surface area contributed by atoms with Crippen LogP contribution >= 0.6 is 11.6 Å². The SMILES string of the molecule is C=C1C=NC(C)=C(O)C1C(=O)N1CC[C@@]2(c3c(n(CC(=O)Nc4ccc(C(F)(F)F)cc4Cl)c4nc(C5=CCOCC5)nn4c3=O)C3C[C@@H]32)[C@@H]2CC[C@@H]21. The zero-order valence-corrected chi connectivity index (χ0v) is 29.4. The van der Waals surface area contributed by atoms with Gasteiger partial charge in [0.2, 0.25) is 17.6 Å². The fourth-order valence-corrected chi connectivity index (χ4v) is 9.83. The standard InChI is InChI=1S/C37H35ClF3N7O5/c1-17-15-42-18(2)31(50)28(17)33(51)46-10-9-36(22-4-6-26(22)46)23-14-21(23)30-29(36)34(52)48-35(44-32(45-48)19-7-11-53-12-8-19)47(30)16-27(49)43-25-5-3-20(13-24(25)38)37(39,40)41/h3,5,7,13,15,21-23,26,28,50H,1,4,6,8-12,14,16H2,2H3,(H,43,49)/t21?,22-,23+,26+,28?,36-/m1/s1. The summed E-state index contributed by atoms with van der Waals surface area (Å²) >= 11 is 6.19. The number of piperidine rings is 1. The van der Waals surface area contributed by atoms with Gasteiger partial charge in [-0.05, 0) is 80.2 Å². The number of amides is 2. The number of carbonyl (C=O) groups is 2. The third-order valence-electron chi connectivity index (χ3n) is 12.2.